The molecule has 3 heterocycles. The summed E-state index contributed by atoms with van der Waals surface area (Å²) in [5.74, 6) is 1.21. The van der Waals surface area contributed by atoms with Gasteiger partial charge in [-0.3, -0.25) is 4.79 Å². The van der Waals surface area contributed by atoms with Gasteiger partial charge in [0, 0.05) is 19.6 Å². The number of rotatable bonds is 4. The Balaban J connectivity index is 1.77. The normalized spacial score (nSPS) is 18.9. The molecule has 6 heteroatoms. The van der Waals surface area contributed by atoms with E-state index < -0.39 is 0 Å². The van der Waals surface area contributed by atoms with Crippen LogP contribution in [0.15, 0.2) is 17.8 Å². The summed E-state index contributed by atoms with van der Waals surface area (Å²) in [7, 11) is 0. The van der Waals surface area contributed by atoms with Gasteiger partial charge in [-0.05, 0) is 30.7 Å². The fraction of sp³-hybridized carbons (Fsp3) is 0.533. The summed E-state index contributed by atoms with van der Waals surface area (Å²) in [6.45, 7) is 4.54. The van der Waals surface area contributed by atoms with E-state index in [1.54, 1.807) is 17.7 Å². The van der Waals surface area contributed by atoms with Crippen LogP contribution in [0.4, 0.5) is 5.82 Å². The van der Waals surface area contributed by atoms with Gasteiger partial charge in [0.05, 0.1) is 11.3 Å². The van der Waals surface area contributed by atoms with E-state index in [9.17, 15) is 4.79 Å². The van der Waals surface area contributed by atoms with Gasteiger partial charge in [-0.1, -0.05) is 6.92 Å². The third kappa shape index (κ3) is 3.00. The average molecular weight is 304 g/mol. The summed E-state index contributed by atoms with van der Waals surface area (Å²) in [5, 5.41) is 6.14. The fourth-order valence-corrected chi connectivity index (χ4v) is 3.53. The lowest BCUT2D eigenvalue weighted by molar-refractivity contribution is -0.125. The minimum absolute atomic E-state index is 0.0638. The lowest BCUT2D eigenvalue weighted by Gasteiger charge is -2.33. The highest BCUT2D eigenvalue weighted by Gasteiger charge is 2.27. The Bertz CT molecular complexity index is 627. The maximum Gasteiger partial charge on any atom is 0.224 e. The molecule has 0 saturated carbocycles. The molecular weight excluding hydrogens is 284 g/mol. The van der Waals surface area contributed by atoms with E-state index >= 15 is 0 Å². The molecule has 3 rings (SSSR count). The number of carbonyl (C=O) groups is 1. The van der Waals surface area contributed by atoms with Crippen molar-refractivity contribution in [2.75, 3.05) is 24.5 Å². The number of thiophene rings is 1. The van der Waals surface area contributed by atoms with Gasteiger partial charge < -0.3 is 10.2 Å². The number of hydrogen-bond donors (Lipinski definition) is 1. The maximum absolute atomic E-state index is 12.2. The van der Waals surface area contributed by atoms with E-state index in [0.29, 0.717) is 0 Å². The number of hydrogen-bond acceptors (Lipinski definition) is 5. The van der Waals surface area contributed by atoms with Crippen LogP contribution in [-0.2, 0) is 4.79 Å². The Morgan fingerprint density at radius 1 is 1.52 bits per heavy atom. The zero-order chi connectivity index (χ0) is 14.7. The van der Waals surface area contributed by atoms with Crippen LogP contribution in [0.5, 0.6) is 0 Å². The van der Waals surface area contributed by atoms with Gasteiger partial charge in [0.1, 0.15) is 17.0 Å². The van der Waals surface area contributed by atoms with E-state index in [-0.39, 0.29) is 11.8 Å². The van der Waals surface area contributed by atoms with Crippen LogP contribution in [0.2, 0.25) is 0 Å². The smallest absolute Gasteiger partial charge is 0.224 e. The summed E-state index contributed by atoms with van der Waals surface area (Å²) >= 11 is 1.63. The summed E-state index contributed by atoms with van der Waals surface area (Å²) in [5.41, 5.74) is 0. The summed E-state index contributed by atoms with van der Waals surface area (Å²) in [6, 6.07) is 2.07. The van der Waals surface area contributed by atoms with Crippen molar-refractivity contribution >= 4 is 33.3 Å². The van der Waals surface area contributed by atoms with Crippen molar-refractivity contribution in [3.8, 4) is 0 Å². The molecule has 0 aliphatic carbocycles. The SMILES string of the molecule is CCCNC(=O)C1CCCN(c2ncnc3sccc23)C1. The van der Waals surface area contributed by atoms with E-state index in [1.807, 2.05) is 5.38 Å². The molecule has 1 atom stereocenters. The predicted octanol–water partition coefficient (Wildman–Crippen LogP) is 2.43. The number of nitrogens with zero attached hydrogens (tertiary/aromatic N) is 3. The number of fused-ring (bicyclic) bond motifs is 1. The van der Waals surface area contributed by atoms with Crippen LogP contribution in [0.25, 0.3) is 10.2 Å². The number of anilines is 1. The standard InChI is InChI=1S/C15H20N4OS/c1-2-6-16-14(20)11-4-3-7-19(9-11)13-12-5-8-21-15(12)18-10-17-13/h5,8,10-11H,2-4,6-7,9H2,1H3,(H,16,20). The zero-order valence-electron chi connectivity index (χ0n) is 12.2. The van der Waals surface area contributed by atoms with Gasteiger partial charge in [-0.15, -0.1) is 11.3 Å². The molecule has 1 aliphatic rings. The van der Waals surface area contributed by atoms with Crippen LogP contribution < -0.4 is 10.2 Å². The molecule has 1 fully saturated rings. The van der Waals surface area contributed by atoms with E-state index in [0.717, 1.165) is 54.9 Å². The number of aromatic nitrogens is 2. The molecule has 112 valence electrons. The van der Waals surface area contributed by atoms with Gasteiger partial charge in [-0.2, -0.15) is 0 Å². The zero-order valence-corrected chi connectivity index (χ0v) is 13.0. The van der Waals surface area contributed by atoms with Crippen LogP contribution >= 0.6 is 11.3 Å². The summed E-state index contributed by atoms with van der Waals surface area (Å²) in [6.07, 6.45) is 4.59. The topological polar surface area (TPSA) is 58.1 Å². The molecule has 1 unspecified atom stereocenters. The Labute approximate surface area is 128 Å². The first-order valence-electron chi connectivity index (χ1n) is 7.50. The van der Waals surface area contributed by atoms with Crippen molar-refractivity contribution in [1.82, 2.24) is 15.3 Å². The van der Waals surface area contributed by atoms with Gasteiger partial charge in [0.25, 0.3) is 0 Å². The Hall–Kier alpha value is -1.69. The first kappa shape index (κ1) is 14.3. The second-order valence-corrected chi connectivity index (χ2v) is 6.31. The van der Waals surface area contributed by atoms with Crippen molar-refractivity contribution in [2.45, 2.75) is 26.2 Å². The molecule has 0 aromatic carbocycles. The Kier molecular flexibility index (Phi) is 4.34. The van der Waals surface area contributed by atoms with E-state index in [1.165, 1.54) is 0 Å². The molecule has 2 aromatic rings. The second kappa shape index (κ2) is 6.39. The molecule has 0 bridgehead atoms. The molecule has 2 aromatic heterocycles. The molecule has 1 N–H and O–H groups in total. The van der Waals surface area contributed by atoms with Crippen LogP contribution in [-0.4, -0.2) is 35.5 Å². The highest BCUT2D eigenvalue weighted by Crippen LogP contribution is 2.29. The Morgan fingerprint density at radius 3 is 3.29 bits per heavy atom. The number of piperidine rings is 1. The third-order valence-corrected chi connectivity index (χ3v) is 4.70. The van der Waals surface area contributed by atoms with Gasteiger partial charge in [0.15, 0.2) is 0 Å². The van der Waals surface area contributed by atoms with Crippen molar-refractivity contribution in [2.24, 2.45) is 5.92 Å². The quantitative estimate of drug-likeness (QED) is 0.942. The molecule has 5 nitrogen and oxygen atoms in total. The predicted molar refractivity (Wildman–Crippen MR) is 85.7 cm³/mol. The fourth-order valence-electron chi connectivity index (χ4n) is 2.81. The van der Waals surface area contributed by atoms with Crippen LogP contribution in [0.3, 0.4) is 0 Å². The van der Waals surface area contributed by atoms with Crippen molar-refractivity contribution in [3.63, 3.8) is 0 Å². The van der Waals surface area contributed by atoms with Gasteiger partial charge in [0.2, 0.25) is 5.91 Å². The number of carbonyl (C=O) groups excluding carboxylic acids is 1. The number of amides is 1. The first-order chi connectivity index (χ1) is 10.3. The monoisotopic (exact) mass is 304 g/mol. The Morgan fingerprint density at radius 2 is 2.43 bits per heavy atom. The molecule has 21 heavy (non-hydrogen) atoms. The highest BCUT2D eigenvalue weighted by molar-refractivity contribution is 7.16. The average Bonchev–Trinajstić information content (AvgIpc) is 3.01. The minimum atomic E-state index is 0.0638. The lowest BCUT2D eigenvalue weighted by atomic mass is 9.97. The lowest BCUT2D eigenvalue weighted by Crippen LogP contribution is -2.43. The summed E-state index contributed by atoms with van der Waals surface area (Å²) < 4.78 is 0. The van der Waals surface area contributed by atoms with E-state index in [2.05, 4.69) is 33.2 Å². The van der Waals surface area contributed by atoms with Crippen molar-refractivity contribution in [3.05, 3.63) is 17.8 Å². The van der Waals surface area contributed by atoms with Gasteiger partial charge in [-0.25, -0.2) is 9.97 Å². The molecule has 1 saturated heterocycles. The second-order valence-electron chi connectivity index (χ2n) is 5.41. The number of nitrogens with one attached hydrogen (secondary N) is 1. The molecule has 1 aliphatic heterocycles. The van der Waals surface area contributed by atoms with Crippen LogP contribution in [0, 0.1) is 5.92 Å². The maximum atomic E-state index is 12.2. The molecule has 0 spiro atoms. The minimum Gasteiger partial charge on any atom is -0.356 e. The van der Waals surface area contributed by atoms with Crippen molar-refractivity contribution in [1.29, 1.82) is 0 Å². The van der Waals surface area contributed by atoms with E-state index in [4.69, 9.17) is 0 Å². The molecular formula is C15H20N4OS. The molecule has 0 radical (unpaired) electrons. The highest BCUT2D eigenvalue weighted by atomic mass is 32.1. The van der Waals surface area contributed by atoms with Gasteiger partial charge >= 0.3 is 0 Å². The first-order valence-corrected chi connectivity index (χ1v) is 8.38. The third-order valence-electron chi connectivity index (χ3n) is 3.88. The largest absolute Gasteiger partial charge is 0.356 e. The van der Waals surface area contributed by atoms with Crippen LogP contribution in [0.1, 0.15) is 26.2 Å². The molecule has 1 amide bonds. The van der Waals surface area contributed by atoms with Crippen molar-refractivity contribution < 1.29 is 4.79 Å². The summed E-state index contributed by atoms with van der Waals surface area (Å²) in [4.78, 5) is 24.2.